The number of aromatic nitrogens is 1. The first-order valence-electron chi connectivity index (χ1n) is 7.90. The summed E-state index contributed by atoms with van der Waals surface area (Å²) in [5.74, 6) is 0.329. The van der Waals surface area contributed by atoms with Gasteiger partial charge >= 0.3 is 0 Å². The van der Waals surface area contributed by atoms with Gasteiger partial charge in [-0.05, 0) is 30.9 Å². The molecule has 8 heteroatoms. The Hall–Kier alpha value is -2.35. The van der Waals surface area contributed by atoms with Crippen molar-refractivity contribution < 1.29 is 17.7 Å². The number of hydrogen-bond acceptors (Lipinski definition) is 5. The van der Waals surface area contributed by atoms with E-state index in [-0.39, 0.29) is 18.3 Å². The molecule has 0 aliphatic rings. The van der Waals surface area contributed by atoms with E-state index in [4.69, 9.17) is 4.52 Å². The van der Waals surface area contributed by atoms with Crippen molar-refractivity contribution in [2.45, 2.75) is 33.6 Å². The lowest BCUT2D eigenvalue weighted by atomic mass is 9.98. The Bertz CT molecular complexity index is 872. The van der Waals surface area contributed by atoms with E-state index in [1.54, 1.807) is 6.92 Å². The summed E-state index contributed by atoms with van der Waals surface area (Å²) in [5, 5.41) is 6.53. The van der Waals surface area contributed by atoms with Gasteiger partial charge in [-0.2, -0.15) is 0 Å². The second kappa shape index (κ2) is 7.26. The van der Waals surface area contributed by atoms with Crippen molar-refractivity contribution in [3.05, 3.63) is 41.2 Å². The van der Waals surface area contributed by atoms with Crippen LogP contribution in [0.4, 0.5) is 11.5 Å². The van der Waals surface area contributed by atoms with Gasteiger partial charge in [-0.25, -0.2) is 12.7 Å². The maximum Gasteiger partial charge on any atom is 0.245 e. The largest absolute Gasteiger partial charge is 0.360 e. The highest BCUT2D eigenvalue weighted by Crippen LogP contribution is 2.27. The molecule has 0 aliphatic carbocycles. The van der Waals surface area contributed by atoms with Crippen LogP contribution in [-0.4, -0.2) is 32.3 Å². The van der Waals surface area contributed by atoms with Crippen LogP contribution in [0.5, 0.6) is 0 Å². The zero-order chi connectivity index (χ0) is 18.8. The van der Waals surface area contributed by atoms with Crippen LogP contribution in [0.1, 0.15) is 36.7 Å². The Morgan fingerprint density at radius 2 is 2.00 bits per heavy atom. The first-order valence-corrected chi connectivity index (χ1v) is 9.75. The van der Waals surface area contributed by atoms with E-state index in [0.717, 1.165) is 21.7 Å². The minimum absolute atomic E-state index is 0.0871. The van der Waals surface area contributed by atoms with Crippen LogP contribution < -0.4 is 9.62 Å². The number of rotatable bonds is 6. The van der Waals surface area contributed by atoms with Crippen LogP contribution in [0.2, 0.25) is 0 Å². The molecular formula is C17H23N3O4S. The lowest BCUT2D eigenvalue weighted by molar-refractivity contribution is -0.114. The Balaban J connectivity index is 2.27. The second-order valence-electron chi connectivity index (χ2n) is 6.31. The molecule has 1 amide bonds. The van der Waals surface area contributed by atoms with Gasteiger partial charge in [-0.15, -0.1) is 0 Å². The van der Waals surface area contributed by atoms with E-state index < -0.39 is 15.9 Å². The van der Waals surface area contributed by atoms with E-state index in [0.29, 0.717) is 11.4 Å². The van der Waals surface area contributed by atoms with Crippen molar-refractivity contribution in [1.82, 2.24) is 5.16 Å². The van der Waals surface area contributed by atoms with Gasteiger partial charge in [0.2, 0.25) is 15.9 Å². The molecule has 1 aromatic carbocycles. The molecule has 0 saturated carbocycles. The highest BCUT2D eigenvalue weighted by molar-refractivity contribution is 7.92. The summed E-state index contributed by atoms with van der Waals surface area (Å²) in [6.07, 6.45) is 1.03. The predicted molar refractivity (Wildman–Crippen MR) is 97.3 cm³/mol. The van der Waals surface area contributed by atoms with Gasteiger partial charge in [0, 0.05) is 11.8 Å². The van der Waals surface area contributed by atoms with Gasteiger partial charge in [0.15, 0.2) is 5.82 Å². The van der Waals surface area contributed by atoms with Gasteiger partial charge < -0.3 is 9.84 Å². The van der Waals surface area contributed by atoms with Crippen LogP contribution in [0.15, 0.2) is 28.8 Å². The summed E-state index contributed by atoms with van der Waals surface area (Å²) < 4.78 is 29.9. The molecule has 1 N–H and O–H groups in total. The Morgan fingerprint density at radius 3 is 2.52 bits per heavy atom. The Morgan fingerprint density at radius 1 is 1.32 bits per heavy atom. The quantitative estimate of drug-likeness (QED) is 0.850. The average molecular weight is 365 g/mol. The number of carbonyl (C=O) groups excluding carboxylic acids is 1. The number of aryl methyl sites for hydroxylation is 2. The number of nitrogens with zero attached hydrogens (tertiary/aromatic N) is 2. The molecule has 0 atom stereocenters. The molecular weight excluding hydrogens is 342 g/mol. The molecule has 2 aromatic rings. The van der Waals surface area contributed by atoms with Gasteiger partial charge in [-0.3, -0.25) is 4.79 Å². The third-order valence-electron chi connectivity index (χ3n) is 3.75. The first kappa shape index (κ1) is 19.0. The van der Waals surface area contributed by atoms with Gasteiger partial charge in [0.1, 0.15) is 12.3 Å². The molecule has 7 nitrogen and oxygen atoms in total. The lowest BCUT2D eigenvalue weighted by Gasteiger charge is -2.20. The van der Waals surface area contributed by atoms with E-state index >= 15 is 0 Å². The van der Waals surface area contributed by atoms with Crippen LogP contribution in [-0.2, 0) is 14.8 Å². The summed E-state index contributed by atoms with van der Waals surface area (Å²) in [4.78, 5) is 12.5. The zero-order valence-corrected chi connectivity index (χ0v) is 15.8. The molecule has 25 heavy (non-hydrogen) atoms. The van der Waals surface area contributed by atoms with E-state index in [1.807, 2.05) is 39.0 Å². The summed E-state index contributed by atoms with van der Waals surface area (Å²) in [6.45, 7) is 7.24. The molecule has 0 fully saturated rings. The van der Waals surface area contributed by atoms with Crippen molar-refractivity contribution in [3.63, 3.8) is 0 Å². The lowest BCUT2D eigenvalue weighted by Crippen LogP contribution is -2.37. The molecule has 1 aromatic heterocycles. The summed E-state index contributed by atoms with van der Waals surface area (Å²) in [6, 6.07) is 7.25. The van der Waals surface area contributed by atoms with Crippen molar-refractivity contribution in [1.29, 1.82) is 0 Å². The molecule has 0 aliphatic heterocycles. The van der Waals surface area contributed by atoms with Gasteiger partial charge in [0.05, 0.1) is 6.26 Å². The van der Waals surface area contributed by atoms with Crippen molar-refractivity contribution in [2.75, 3.05) is 22.4 Å². The van der Waals surface area contributed by atoms with Gasteiger partial charge in [0.25, 0.3) is 0 Å². The number of para-hydroxylation sites is 1. The number of carbonyl (C=O) groups is 1. The Labute approximate surface area is 148 Å². The van der Waals surface area contributed by atoms with Gasteiger partial charge in [-0.1, -0.05) is 37.2 Å². The molecule has 2 rings (SSSR count). The van der Waals surface area contributed by atoms with Crippen LogP contribution in [0.3, 0.4) is 0 Å². The highest BCUT2D eigenvalue weighted by atomic mass is 32.2. The highest BCUT2D eigenvalue weighted by Gasteiger charge is 2.24. The molecule has 0 bridgehead atoms. The van der Waals surface area contributed by atoms with Crippen LogP contribution >= 0.6 is 0 Å². The Kier molecular flexibility index (Phi) is 5.52. The maximum atomic E-state index is 12.5. The number of benzene rings is 1. The number of anilines is 2. The second-order valence-corrected chi connectivity index (χ2v) is 8.21. The maximum absolute atomic E-state index is 12.5. The summed E-state index contributed by atoms with van der Waals surface area (Å²) in [7, 11) is -3.68. The number of hydrogen-bond donors (Lipinski definition) is 1. The fraction of sp³-hybridized carbons (Fsp3) is 0.412. The van der Waals surface area contributed by atoms with Crippen molar-refractivity contribution >= 4 is 27.4 Å². The molecule has 0 unspecified atom stereocenters. The van der Waals surface area contributed by atoms with E-state index in [2.05, 4.69) is 10.5 Å². The van der Waals surface area contributed by atoms with E-state index in [9.17, 15) is 13.2 Å². The van der Waals surface area contributed by atoms with E-state index in [1.165, 1.54) is 6.07 Å². The zero-order valence-electron chi connectivity index (χ0n) is 15.0. The van der Waals surface area contributed by atoms with Crippen molar-refractivity contribution in [3.8, 4) is 0 Å². The molecule has 0 radical (unpaired) electrons. The third kappa shape index (κ3) is 4.60. The fourth-order valence-electron chi connectivity index (χ4n) is 2.49. The standard InChI is InChI=1S/C17H23N3O4S/c1-11(2)14-8-6-7-12(3)17(14)18-16(21)10-20(25(5,22)23)15-9-13(4)24-19-15/h6-9,11H,10H2,1-5H3,(H,18,21). The molecule has 136 valence electrons. The number of amides is 1. The van der Waals surface area contributed by atoms with Crippen LogP contribution in [0, 0.1) is 13.8 Å². The predicted octanol–water partition coefficient (Wildman–Crippen LogP) is 2.82. The third-order valence-corrected chi connectivity index (χ3v) is 4.87. The number of sulfonamides is 1. The summed E-state index contributed by atoms with van der Waals surface area (Å²) in [5.41, 5.74) is 2.63. The number of nitrogens with one attached hydrogen (secondary N) is 1. The first-order chi connectivity index (χ1) is 11.6. The molecule has 1 heterocycles. The van der Waals surface area contributed by atoms with Crippen molar-refractivity contribution in [2.24, 2.45) is 0 Å². The minimum atomic E-state index is -3.68. The minimum Gasteiger partial charge on any atom is -0.360 e. The molecule has 0 spiro atoms. The molecule has 0 saturated heterocycles. The smallest absolute Gasteiger partial charge is 0.245 e. The topological polar surface area (TPSA) is 92.5 Å². The monoisotopic (exact) mass is 365 g/mol. The summed E-state index contributed by atoms with van der Waals surface area (Å²) >= 11 is 0. The average Bonchev–Trinajstić information content (AvgIpc) is 2.91. The normalized spacial score (nSPS) is 11.6. The fourth-order valence-corrected chi connectivity index (χ4v) is 3.27. The van der Waals surface area contributed by atoms with Crippen LogP contribution in [0.25, 0.3) is 0 Å². The SMILES string of the molecule is Cc1cc(N(CC(=O)Nc2c(C)cccc2C(C)C)S(C)(=O)=O)no1.